The third-order valence-electron chi connectivity index (χ3n) is 5.11. The molecule has 0 bridgehead atoms. The number of pyridine rings is 1. The summed E-state index contributed by atoms with van der Waals surface area (Å²) >= 11 is 12.9. The Balaban J connectivity index is 1.71. The molecule has 2 heterocycles. The third kappa shape index (κ3) is 4.95. The van der Waals surface area contributed by atoms with Gasteiger partial charge in [0.05, 0.1) is 17.4 Å². The van der Waals surface area contributed by atoms with Crippen LogP contribution in [0, 0.1) is 12.8 Å². The van der Waals surface area contributed by atoms with E-state index in [0.29, 0.717) is 34.3 Å². The maximum absolute atomic E-state index is 6.53. The van der Waals surface area contributed by atoms with Gasteiger partial charge >= 0.3 is 0 Å². The molecule has 0 amide bonds. The molecule has 5 nitrogen and oxygen atoms in total. The molecule has 0 aliphatic carbocycles. The van der Waals surface area contributed by atoms with Crippen LogP contribution in [0.3, 0.4) is 0 Å². The van der Waals surface area contributed by atoms with Crippen LogP contribution in [0.4, 0.5) is 11.8 Å². The van der Waals surface area contributed by atoms with E-state index in [4.69, 9.17) is 28.2 Å². The fourth-order valence-electron chi connectivity index (χ4n) is 3.46. The Bertz CT molecular complexity index is 1260. The second kappa shape index (κ2) is 9.72. The van der Waals surface area contributed by atoms with E-state index in [1.165, 1.54) is 0 Å². The number of halogens is 2. The summed E-state index contributed by atoms with van der Waals surface area (Å²) in [6.45, 7) is 7.60. The second-order valence-electron chi connectivity index (χ2n) is 8.14. The minimum absolute atomic E-state index is 0.462. The summed E-state index contributed by atoms with van der Waals surface area (Å²) in [6, 6.07) is 16.1. The normalized spacial score (nSPS) is 11.2. The maximum Gasteiger partial charge on any atom is 0.224 e. The molecule has 0 spiro atoms. The van der Waals surface area contributed by atoms with Gasteiger partial charge in [-0.25, -0.2) is 9.97 Å². The zero-order chi connectivity index (χ0) is 22.7. The van der Waals surface area contributed by atoms with Crippen LogP contribution in [-0.2, 0) is 6.54 Å². The van der Waals surface area contributed by atoms with Crippen molar-refractivity contribution in [1.82, 2.24) is 15.0 Å². The first kappa shape index (κ1) is 22.3. The van der Waals surface area contributed by atoms with Gasteiger partial charge in [0, 0.05) is 29.1 Å². The first-order valence-corrected chi connectivity index (χ1v) is 11.3. The molecule has 2 aromatic carbocycles. The number of aryl methyl sites for hydroxylation is 1. The molecule has 0 radical (unpaired) electrons. The van der Waals surface area contributed by atoms with Crippen molar-refractivity contribution in [2.75, 3.05) is 17.2 Å². The summed E-state index contributed by atoms with van der Waals surface area (Å²) in [6.07, 6.45) is 1.61. The van der Waals surface area contributed by atoms with Gasteiger partial charge in [0.1, 0.15) is 5.02 Å². The number of benzene rings is 2. The second-order valence-corrected chi connectivity index (χ2v) is 8.96. The van der Waals surface area contributed by atoms with E-state index in [2.05, 4.69) is 59.6 Å². The van der Waals surface area contributed by atoms with E-state index in [1.54, 1.807) is 6.20 Å². The summed E-state index contributed by atoms with van der Waals surface area (Å²) in [5, 5.41) is 8.79. The number of hydrogen-bond donors (Lipinski definition) is 2. The van der Waals surface area contributed by atoms with Crippen LogP contribution in [0.2, 0.25) is 10.0 Å². The lowest BCUT2D eigenvalue weighted by Gasteiger charge is -2.15. The number of rotatable bonds is 7. The molecule has 0 saturated heterocycles. The van der Waals surface area contributed by atoms with E-state index in [0.717, 1.165) is 39.8 Å². The Labute approximate surface area is 198 Å². The molecule has 0 fully saturated rings. The van der Waals surface area contributed by atoms with Crippen molar-refractivity contribution in [2.45, 2.75) is 27.3 Å². The molecular formula is C25H25Cl2N5. The van der Waals surface area contributed by atoms with Crippen LogP contribution in [0.1, 0.15) is 25.0 Å². The number of aromatic nitrogens is 3. The number of nitrogens with one attached hydrogen (secondary N) is 2. The standard InChI is InChI=1S/C25H25Cl2N5/c1-15(2)12-29-25-30-14-21(27)24(32-25)28-13-18-11-17-8-6-7-16(3)22(17)31-23(18)19-9-4-5-10-20(19)26/h4-11,14-15H,12-13H2,1-3H3,(H2,28,29,30,32). The van der Waals surface area contributed by atoms with Crippen molar-refractivity contribution in [2.24, 2.45) is 5.92 Å². The molecule has 32 heavy (non-hydrogen) atoms. The van der Waals surface area contributed by atoms with Crippen LogP contribution < -0.4 is 10.6 Å². The quantitative estimate of drug-likeness (QED) is 0.307. The largest absolute Gasteiger partial charge is 0.365 e. The summed E-state index contributed by atoms with van der Waals surface area (Å²) in [5.41, 5.74) is 4.82. The van der Waals surface area contributed by atoms with Crippen molar-refractivity contribution < 1.29 is 0 Å². The van der Waals surface area contributed by atoms with Crippen LogP contribution in [-0.4, -0.2) is 21.5 Å². The topological polar surface area (TPSA) is 62.7 Å². The SMILES string of the molecule is Cc1cccc2cc(CNc3nc(NCC(C)C)ncc3Cl)c(-c3ccccc3Cl)nc12. The summed E-state index contributed by atoms with van der Waals surface area (Å²) in [5.74, 6) is 1.60. The predicted octanol–water partition coefficient (Wildman–Crippen LogP) is 6.99. The maximum atomic E-state index is 6.53. The molecule has 0 unspecified atom stereocenters. The van der Waals surface area contributed by atoms with Crippen molar-refractivity contribution in [3.8, 4) is 11.3 Å². The Morgan fingerprint density at radius 3 is 2.53 bits per heavy atom. The fraction of sp³-hybridized carbons (Fsp3) is 0.240. The molecule has 4 aromatic rings. The zero-order valence-corrected chi connectivity index (χ0v) is 19.8. The molecule has 7 heteroatoms. The van der Waals surface area contributed by atoms with Gasteiger partial charge in [-0.1, -0.05) is 73.4 Å². The molecular weight excluding hydrogens is 441 g/mol. The Hall–Kier alpha value is -2.89. The van der Waals surface area contributed by atoms with Gasteiger partial charge in [-0.05, 0) is 36.1 Å². The summed E-state index contributed by atoms with van der Waals surface area (Å²) in [4.78, 5) is 13.8. The average Bonchev–Trinajstić information content (AvgIpc) is 2.78. The highest BCUT2D eigenvalue weighted by Gasteiger charge is 2.14. The van der Waals surface area contributed by atoms with Crippen molar-refractivity contribution in [3.05, 3.63) is 75.9 Å². The number of fused-ring (bicyclic) bond motifs is 1. The summed E-state index contributed by atoms with van der Waals surface area (Å²) < 4.78 is 0. The number of nitrogens with zero attached hydrogens (tertiary/aromatic N) is 3. The van der Waals surface area contributed by atoms with E-state index >= 15 is 0 Å². The third-order valence-corrected chi connectivity index (χ3v) is 5.72. The van der Waals surface area contributed by atoms with Crippen LogP contribution in [0.25, 0.3) is 22.2 Å². The molecule has 0 aliphatic rings. The number of hydrogen-bond acceptors (Lipinski definition) is 5. The molecule has 4 rings (SSSR count). The molecule has 0 atom stereocenters. The molecule has 0 aliphatic heterocycles. The van der Waals surface area contributed by atoms with Crippen molar-refractivity contribution >= 4 is 45.9 Å². The van der Waals surface area contributed by atoms with Gasteiger partial charge in [-0.15, -0.1) is 0 Å². The first-order valence-electron chi connectivity index (χ1n) is 10.6. The molecule has 0 saturated carbocycles. The van der Waals surface area contributed by atoms with Gasteiger partial charge in [-0.3, -0.25) is 0 Å². The Kier molecular flexibility index (Phi) is 6.77. The fourth-order valence-corrected chi connectivity index (χ4v) is 3.85. The van der Waals surface area contributed by atoms with Crippen LogP contribution in [0.5, 0.6) is 0 Å². The Morgan fingerprint density at radius 1 is 0.938 bits per heavy atom. The lowest BCUT2D eigenvalue weighted by Crippen LogP contribution is -2.12. The molecule has 2 N–H and O–H groups in total. The number of para-hydroxylation sites is 1. The molecule has 2 aromatic heterocycles. The van der Waals surface area contributed by atoms with Gasteiger partial charge in [0.15, 0.2) is 5.82 Å². The smallest absolute Gasteiger partial charge is 0.224 e. The number of anilines is 2. The minimum Gasteiger partial charge on any atom is -0.365 e. The Morgan fingerprint density at radius 2 is 1.75 bits per heavy atom. The van der Waals surface area contributed by atoms with Crippen molar-refractivity contribution in [1.29, 1.82) is 0 Å². The lowest BCUT2D eigenvalue weighted by atomic mass is 10.0. The van der Waals surface area contributed by atoms with Gasteiger partial charge in [0.2, 0.25) is 5.95 Å². The highest BCUT2D eigenvalue weighted by Crippen LogP contribution is 2.32. The predicted molar refractivity (Wildman–Crippen MR) is 135 cm³/mol. The van der Waals surface area contributed by atoms with E-state index in [-0.39, 0.29) is 0 Å². The highest BCUT2D eigenvalue weighted by molar-refractivity contribution is 6.33. The first-order chi connectivity index (χ1) is 15.4. The lowest BCUT2D eigenvalue weighted by molar-refractivity contribution is 0.684. The van der Waals surface area contributed by atoms with E-state index in [9.17, 15) is 0 Å². The zero-order valence-electron chi connectivity index (χ0n) is 18.3. The van der Waals surface area contributed by atoms with Crippen LogP contribution in [0.15, 0.2) is 54.7 Å². The highest BCUT2D eigenvalue weighted by atomic mass is 35.5. The van der Waals surface area contributed by atoms with E-state index in [1.807, 2.05) is 30.3 Å². The molecule has 164 valence electrons. The van der Waals surface area contributed by atoms with E-state index < -0.39 is 0 Å². The van der Waals surface area contributed by atoms with Crippen LogP contribution >= 0.6 is 23.2 Å². The summed E-state index contributed by atoms with van der Waals surface area (Å²) in [7, 11) is 0. The van der Waals surface area contributed by atoms with Gasteiger partial charge < -0.3 is 10.6 Å². The van der Waals surface area contributed by atoms with Gasteiger partial charge in [0.25, 0.3) is 0 Å². The van der Waals surface area contributed by atoms with Gasteiger partial charge in [-0.2, -0.15) is 4.98 Å². The monoisotopic (exact) mass is 465 g/mol. The minimum atomic E-state index is 0.462. The van der Waals surface area contributed by atoms with Crippen molar-refractivity contribution in [3.63, 3.8) is 0 Å². The average molecular weight is 466 g/mol.